The summed E-state index contributed by atoms with van der Waals surface area (Å²) in [6.45, 7) is 0.587. The van der Waals surface area contributed by atoms with Crippen LogP contribution in [-0.4, -0.2) is 27.4 Å². The van der Waals surface area contributed by atoms with Crippen LogP contribution in [0, 0.1) is 11.8 Å². The lowest BCUT2D eigenvalue weighted by atomic mass is 9.95. The van der Waals surface area contributed by atoms with Crippen LogP contribution < -0.4 is 11.1 Å². The van der Waals surface area contributed by atoms with Gasteiger partial charge < -0.3 is 11.1 Å². The van der Waals surface area contributed by atoms with Crippen molar-refractivity contribution in [3.8, 4) is 5.69 Å². The number of carbonyl (C=O) groups is 1. The second-order valence-corrected chi connectivity index (χ2v) is 5.42. The van der Waals surface area contributed by atoms with Gasteiger partial charge in [0.2, 0.25) is 5.91 Å². The molecule has 2 aromatic rings. The highest BCUT2D eigenvalue weighted by Crippen LogP contribution is 2.31. The van der Waals surface area contributed by atoms with Gasteiger partial charge in [-0.3, -0.25) is 4.79 Å². The normalized spacial score (nSPS) is 20.4. The zero-order valence-corrected chi connectivity index (χ0v) is 13.0. The molecule has 6 nitrogen and oxygen atoms in total. The van der Waals surface area contributed by atoms with Crippen molar-refractivity contribution in [2.75, 3.05) is 11.9 Å². The molecule has 0 spiro atoms. The molecule has 1 heterocycles. The van der Waals surface area contributed by atoms with Crippen LogP contribution in [0.4, 0.5) is 5.69 Å². The van der Waals surface area contributed by atoms with Crippen LogP contribution in [0.5, 0.6) is 0 Å². The largest absolute Gasteiger partial charge is 0.330 e. The minimum atomic E-state index is 0. The summed E-state index contributed by atoms with van der Waals surface area (Å²) in [5, 5.41) is 10.7. The van der Waals surface area contributed by atoms with E-state index in [1.165, 1.54) is 0 Å². The molecule has 7 heteroatoms. The van der Waals surface area contributed by atoms with Crippen LogP contribution in [0.1, 0.15) is 19.3 Å². The quantitative estimate of drug-likeness (QED) is 0.902. The van der Waals surface area contributed by atoms with E-state index in [-0.39, 0.29) is 24.2 Å². The molecule has 1 aromatic carbocycles. The number of nitrogens with one attached hydrogen (secondary N) is 1. The molecule has 22 heavy (non-hydrogen) atoms. The second kappa shape index (κ2) is 7.38. The van der Waals surface area contributed by atoms with Crippen molar-refractivity contribution >= 4 is 24.0 Å². The van der Waals surface area contributed by atoms with Crippen molar-refractivity contribution in [3.05, 3.63) is 36.7 Å². The summed E-state index contributed by atoms with van der Waals surface area (Å²) in [7, 11) is 0. The van der Waals surface area contributed by atoms with E-state index < -0.39 is 0 Å². The third-order valence-electron chi connectivity index (χ3n) is 4.12. The van der Waals surface area contributed by atoms with Gasteiger partial charge in [0.25, 0.3) is 0 Å². The Kier molecular flexibility index (Phi) is 5.51. The Labute approximate surface area is 135 Å². The molecule has 1 aromatic heterocycles. The fraction of sp³-hybridized carbons (Fsp3) is 0.400. The van der Waals surface area contributed by atoms with Gasteiger partial charge in [-0.1, -0.05) is 11.6 Å². The van der Waals surface area contributed by atoms with E-state index in [9.17, 15) is 4.79 Å². The van der Waals surface area contributed by atoms with Crippen molar-refractivity contribution in [1.82, 2.24) is 15.0 Å². The maximum absolute atomic E-state index is 12.3. The summed E-state index contributed by atoms with van der Waals surface area (Å²) >= 11 is 0. The molecule has 0 unspecified atom stereocenters. The van der Waals surface area contributed by atoms with Gasteiger partial charge in [-0.05, 0) is 49.6 Å². The number of anilines is 1. The molecule has 0 saturated heterocycles. The van der Waals surface area contributed by atoms with Crippen LogP contribution in [-0.2, 0) is 4.79 Å². The van der Waals surface area contributed by atoms with Crippen molar-refractivity contribution < 1.29 is 4.79 Å². The Bertz CT molecular complexity index is 599. The molecule has 0 radical (unpaired) electrons. The average molecular weight is 322 g/mol. The number of nitrogens with two attached hydrogens (primary N) is 1. The fourth-order valence-corrected chi connectivity index (χ4v) is 2.94. The smallest absolute Gasteiger partial charge is 0.227 e. The number of hydrogen-bond acceptors (Lipinski definition) is 4. The second-order valence-electron chi connectivity index (χ2n) is 5.42. The van der Waals surface area contributed by atoms with Crippen LogP contribution in [0.25, 0.3) is 5.69 Å². The number of rotatable bonds is 4. The van der Waals surface area contributed by atoms with E-state index in [2.05, 4.69) is 15.6 Å². The molecular formula is C15H20ClN5O. The molecule has 1 aliphatic rings. The molecule has 2 atom stereocenters. The Morgan fingerprint density at radius 3 is 2.73 bits per heavy atom. The summed E-state index contributed by atoms with van der Waals surface area (Å²) < 4.78 is 1.67. The molecule has 1 aliphatic carbocycles. The number of benzene rings is 1. The van der Waals surface area contributed by atoms with E-state index in [0.29, 0.717) is 12.5 Å². The van der Waals surface area contributed by atoms with Gasteiger partial charge in [0.1, 0.15) is 0 Å². The fourth-order valence-electron chi connectivity index (χ4n) is 2.94. The molecule has 1 saturated carbocycles. The van der Waals surface area contributed by atoms with Crippen LogP contribution in [0.15, 0.2) is 36.7 Å². The molecule has 1 amide bonds. The predicted octanol–water partition coefficient (Wildman–Crippen LogP) is 2.00. The first kappa shape index (κ1) is 16.5. The number of hydrogen-bond donors (Lipinski definition) is 2. The lowest BCUT2D eigenvalue weighted by Crippen LogP contribution is -2.29. The molecule has 0 bridgehead atoms. The first-order valence-electron chi connectivity index (χ1n) is 7.25. The highest BCUT2D eigenvalue weighted by Gasteiger charge is 2.31. The SMILES string of the molecule is Cl.NC[C@H]1CCC[C@H]1C(=O)Nc1ccc(-n2ccnn2)cc1. The lowest BCUT2D eigenvalue weighted by Gasteiger charge is -2.17. The number of aromatic nitrogens is 3. The molecule has 0 aliphatic heterocycles. The Balaban J connectivity index is 0.00000176. The van der Waals surface area contributed by atoms with E-state index in [1.807, 2.05) is 24.3 Å². The van der Waals surface area contributed by atoms with Gasteiger partial charge in [0.15, 0.2) is 0 Å². The molecule has 1 fully saturated rings. The van der Waals surface area contributed by atoms with E-state index in [0.717, 1.165) is 30.6 Å². The van der Waals surface area contributed by atoms with Gasteiger partial charge in [-0.25, -0.2) is 4.68 Å². The van der Waals surface area contributed by atoms with E-state index in [1.54, 1.807) is 17.1 Å². The first-order chi connectivity index (χ1) is 10.3. The summed E-state index contributed by atoms with van der Waals surface area (Å²) in [5.41, 5.74) is 7.44. The van der Waals surface area contributed by atoms with Crippen molar-refractivity contribution in [1.29, 1.82) is 0 Å². The van der Waals surface area contributed by atoms with Crippen molar-refractivity contribution in [2.45, 2.75) is 19.3 Å². The summed E-state index contributed by atoms with van der Waals surface area (Å²) in [4.78, 5) is 12.3. The Morgan fingerprint density at radius 2 is 2.09 bits per heavy atom. The van der Waals surface area contributed by atoms with Gasteiger partial charge >= 0.3 is 0 Å². The van der Waals surface area contributed by atoms with Gasteiger partial charge in [-0.2, -0.15) is 0 Å². The number of nitrogens with zero attached hydrogens (tertiary/aromatic N) is 3. The van der Waals surface area contributed by atoms with Crippen LogP contribution in [0.2, 0.25) is 0 Å². The summed E-state index contributed by atoms with van der Waals surface area (Å²) in [5.74, 6) is 0.445. The van der Waals surface area contributed by atoms with Crippen LogP contribution >= 0.6 is 12.4 Å². The van der Waals surface area contributed by atoms with Crippen LogP contribution in [0.3, 0.4) is 0 Å². The van der Waals surface area contributed by atoms with Crippen molar-refractivity contribution in [3.63, 3.8) is 0 Å². The Hall–Kier alpha value is -1.92. The zero-order valence-electron chi connectivity index (χ0n) is 12.2. The minimum Gasteiger partial charge on any atom is -0.330 e. The topological polar surface area (TPSA) is 85.8 Å². The summed E-state index contributed by atoms with van der Waals surface area (Å²) in [6, 6.07) is 7.56. The standard InChI is InChI=1S/C15H19N5O.ClH/c16-10-11-2-1-3-14(11)15(21)18-12-4-6-13(7-5-12)20-9-8-17-19-20;/h4-9,11,14H,1-3,10,16H2,(H,18,21);1H/t11-,14-;/m1./s1. The van der Waals surface area contributed by atoms with E-state index >= 15 is 0 Å². The third-order valence-corrected chi connectivity index (χ3v) is 4.12. The zero-order chi connectivity index (χ0) is 14.7. The minimum absolute atomic E-state index is 0. The van der Waals surface area contributed by atoms with Crippen molar-refractivity contribution in [2.24, 2.45) is 17.6 Å². The van der Waals surface area contributed by atoms with Gasteiger partial charge in [0, 0.05) is 11.6 Å². The maximum Gasteiger partial charge on any atom is 0.227 e. The Morgan fingerprint density at radius 1 is 1.32 bits per heavy atom. The molecule has 3 rings (SSSR count). The predicted molar refractivity (Wildman–Crippen MR) is 87.1 cm³/mol. The average Bonchev–Trinajstić information content (AvgIpc) is 3.19. The highest BCUT2D eigenvalue weighted by atomic mass is 35.5. The number of halogens is 1. The molecule has 118 valence electrons. The maximum atomic E-state index is 12.3. The monoisotopic (exact) mass is 321 g/mol. The first-order valence-corrected chi connectivity index (χ1v) is 7.25. The summed E-state index contributed by atoms with van der Waals surface area (Å²) in [6.07, 6.45) is 6.48. The highest BCUT2D eigenvalue weighted by molar-refractivity contribution is 5.93. The van der Waals surface area contributed by atoms with Gasteiger partial charge in [0.05, 0.1) is 18.1 Å². The number of carbonyl (C=O) groups excluding carboxylic acids is 1. The molecular weight excluding hydrogens is 302 g/mol. The molecule has 3 N–H and O–H groups in total. The van der Waals surface area contributed by atoms with Gasteiger partial charge in [-0.15, -0.1) is 17.5 Å². The number of amides is 1. The third kappa shape index (κ3) is 3.45. The lowest BCUT2D eigenvalue weighted by molar-refractivity contribution is -0.120. The van der Waals surface area contributed by atoms with E-state index in [4.69, 9.17) is 5.73 Å².